The lowest BCUT2D eigenvalue weighted by molar-refractivity contribution is -0.160. The Balaban J connectivity index is 2.64. The number of aryl methyl sites for hydroxylation is 1. The monoisotopic (exact) mass is 331 g/mol. The van der Waals surface area contributed by atoms with Crippen LogP contribution in [0.3, 0.4) is 0 Å². The van der Waals surface area contributed by atoms with E-state index in [2.05, 4.69) is 0 Å². The third-order valence-electron chi connectivity index (χ3n) is 3.52. The van der Waals surface area contributed by atoms with Gasteiger partial charge in [0.25, 0.3) is 0 Å². The fourth-order valence-corrected chi connectivity index (χ4v) is 2.16. The molecule has 2 atom stereocenters. The Labute approximate surface area is 132 Å². The molecular formula is C16H20F3NO3. The Morgan fingerprint density at radius 1 is 1.22 bits per heavy atom. The second kappa shape index (κ2) is 7.99. The molecule has 2 N–H and O–H groups in total. The second-order valence-electron chi connectivity index (χ2n) is 5.48. The van der Waals surface area contributed by atoms with E-state index in [4.69, 9.17) is 5.11 Å². The zero-order valence-electron chi connectivity index (χ0n) is 13.0. The molecule has 1 rings (SSSR count). The quantitative estimate of drug-likeness (QED) is 0.806. The summed E-state index contributed by atoms with van der Waals surface area (Å²) < 4.78 is 36.9. The average molecular weight is 331 g/mol. The van der Waals surface area contributed by atoms with Crippen molar-refractivity contribution in [2.75, 3.05) is 0 Å². The van der Waals surface area contributed by atoms with E-state index in [0.29, 0.717) is 0 Å². The number of carboxylic acid groups (broad SMARTS) is 1. The summed E-state index contributed by atoms with van der Waals surface area (Å²) in [4.78, 5) is 22.6. The molecule has 0 aliphatic heterocycles. The first kappa shape index (κ1) is 19.0. The van der Waals surface area contributed by atoms with E-state index in [1.54, 1.807) is 6.92 Å². The summed E-state index contributed by atoms with van der Waals surface area (Å²) >= 11 is 0. The topological polar surface area (TPSA) is 66.4 Å². The summed E-state index contributed by atoms with van der Waals surface area (Å²) in [6, 6.07) is 5.61. The number of carbonyl (C=O) groups is 2. The lowest BCUT2D eigenvalue weighted by Crippen LogP contribution is -2.43. The molecule has 128 valence electrons. The standard InChI is InChI=1S/C16H20F3NO3/c1-3-11-4-6-12(7-5-11)10(2)8-14(21)20-13(15(22)23)9-16(17,18)19/h4-7,10,13H,3,8-9H2,1-2H3,(H,20,21)(H,22,23). The first-order valence-electron chi connectivity index (χ1n) is 7.30. The lowest BCUT2D eigenvalue weighted by atomic mass is 9.96. The maximum Gasteiger partial charge on any atom is 0.391 e. The molecular weight excluding hydrogens is 311 g/mol. The number of hydrogen-bond donors (Lipinski definition) is 2. The molecule has 2 unspecified atom stereocenters. The van der Waals surface area contributed by atoms with Gasteiger partial charge in [-0.15, -0.1) is 0 Å². The molecule has 23 heavy (non-hydrogen) atoms. The Bertz CT molecular complexity index is 540. The highest BCUT2D eigenvalue weighted by Gasteiger charge is 2.36. The molecule has 0 saturated heterocycles. The number of rotatable bonds is 7. The van der Waals surface area contributed by atoms with E-state index < -0.39 is 30.5 Å². The van der Waals surface area contributed by atoms with Crippen LogP contribution in [0.1, 0.15) is 43.7 Å². The summed E-state index contributed by atoms with van der Waals surface area (Å²) in [7, 11) is 0. The van der Waals surface area contributed by atoms with Gasteiger partial charge in [-0.1, -0.05) is 38.1 Å². The van der Waals surface area contributed by atoms with Gasteiger partial charge in [-0.2, -0.15) is 13.2 Å². The molecule has 4 nitrogen and oxygen atoms in total. The predicted molar refractivity (Wildman–Crippen MR) is 79.1 cm³/mol. The van der Waals surface area contributed by atoms with Gasteiger partial charge < -0.3 is 10.4 Å². The number of amides is 1. The molecule has 0 aliphatic carbocycles. The van der Waals surface area contributed by atoms with Gasteiger partial charge in [0.05, 0.1) is 6.42 Å². The largest absolute Gasteiger partial charge is 0.480 e. The van der Waals surface area contributed by atoms with Crippen LogP contribution in [0.15, 0.2) is 24.3 Å². The minimum atomic E-state index is -4.65. The van der Waals surface area contributed by atoms with Crippen molar-refractivity contribution in [1.82, 2.24) is 5.32 Å². The fraction of sp³-hybridized carbons (Fsp3) is 0.500. The van der Waals surface area contributed by atoms with Crippen molar-refractivity contribution < 1.29 is 27.9 Å². The second-order valence-corrected chi connectivity index (χ2v) is 5.48. The summed E-state index contributed by atoms with van der Waals surface area (Å²) in [5.74, 6) is -2.63. The van der Waals surface area contributed by atoms with Crippen LogP contribution in [0.5, 0.6) is 0 Å². The van der Waals surface area contributed by atoms with E-state index in [-0.39, 0.29) is 12.3 Å². The molecule has 1 amide bonds. The molecule has 1 aromatic rings. The maximum atomic E-state index is 12.3. The van der Waals surface area contributed by atoms with E-state index in [1.807, 2.05) is 36.5 Å². The third kappa shape index (κ3) is 6.71. The first-order chi connectivity index (χ1) is 10.6. The van der Waals surface area contributed by atoms with Crippen molar-refractivity contribution >= 4 is 11.9 Å². The number of halogens is 3. The van der Waals surface area contributed by atoms with Crippen molar-refractivity contribution in [3.05, 3.63) is 35.4 Å². The van der Waals surface area contributed by atoms with Crippen molar-refractivity contribution in [2.45, 2.75) is 51.2 Å². The number of benzene rings is 1. The van der Waals surface area contributed by atoms with Gasteiger partial charge in [-0.25, -0.2) is 4.79 Å². The SMILES string of the molecule is CCc1ccc(C(C)CC(=O)NC(CC(F)(F)F)C(=O)O)cc1. The Morgan fingerprint density at radius 2 is 1.78 bits per heavy atom. The van der Waals surface area contributed by atoms with E-state index >= 15 is 0 Å². The van der Waals surface area contributed by atoms with Gasteiger partial charge in [0.2, 0.25) is 5.91 Å². The number of carbonyl (C=O) groups excluding carboxylic acids is 1. The van der Waals surface area contributed by atoms with E-state index in [1.165, 1.54) is 0 Å². The van der Waals surface area contributed by atoms with Gasteiger partial charge in [0.15, 0.2) is 0 Å². The molecule has 1 aromatic carbocycles. The minimum absolute atomic E-state index is 0.0763. The van der Waals surface area contributed by atoms with Gasteiger partial charge >= 0.3 is 12.1 Å². The highest BCUT2D eigenvalue weighted by Crippen LogP contribution is 2.23. The minimum Gasteiger partial charge on any atom is -0.480 e. The number of aliphatic carboxylic acids is 1. The van der Waals surface area contributed by atoms with Crippen LogP contribution >= 0.6 is 0 Å². The van der Waals surface area contributed by atoms with Crippen molar-refractivity contribution in [2.24, 2.45) is 0 Å². The zero-order valence-corrected chi connectivity index (χ0v) is 13.0. The molecule has 0 fully saturated rings. The normalized spacial score (nSPS) is 14.1. The predicted octanol–water partition coefficient (Wildman–Crippen LogP) is 3.26. The van der Waals surface area contributed by atoms with Gasteiger partial charge in [0.1, 0.15) is 6.04 Å². The smallest absolute Gasteiger partial charge is 0.391 e. The van der Waals surface area contributed by atoms with Crippen LogP contribution < -0.4 is 5.32 Å². The van der Waals surface area contributed by atoms with Crippen LogP contribution in [0.2, 0.25) is 0 Å². The fourth-order valence-electron chi connectivity index (χ4n) is 2.16. The molecule has 0 heterocycles. The summed E-state index contributed by atoms with van der Waals surface area (Å²) in [6.07, 6.45) is -5.44. The zero-order chi connectivity index (χ0) is 17.6. The summed E-state index contributed by atoms with van der Waals surface area (Å²) in [5.41, 5.74) is 2.02. The number of alkyl halides is 3. The van der Waals surface area contributed by atoms with Crippen LogP contribution in [0.4, 0.5) is 13.2 Å². The summed E-state index contributed by atoms with van der Waals surface area (Å²) in [5, 5.41) is 10.7. The number of nitrogens with one attached hydrogen (secondary N) is 1. The maximum absolute atomic E-state index is 12.3. The lowest BCUT2D eigenvalue weighted by Gasteiger charge is -2.18. The van der Waals surface area contributed by atoms with Crippen LogP contribution in [-0.2, 0) is 16.0 Å². The summed E-state index contributed by atoms with van der Waals surface area (Å²) in [6.45, 7) is 3.78. The van der Waals surface area contributed by atoms with E-state index in [0.717, 1.165) is 17.5 Å². The first-order valence-corrected chi connectivity index (χ1v) is 7.30. The van der Waals surface area contributed by atoms with Crippen LogP contribution in [0, 0.1) is 0 Å². The average Bonchev–Trinajstić information content (AvgIpc) is 2.45. The van der Waals surface area contributed by atoms with Gasteiger partial charge in [-0.05, 0) is 23.5 Å². The highest BCUT2D eigenvalue weighted by atomic mass is 19.4. The van der Waals surface area contributed by atoms with Crippen LogP contribution in [-0.4, -0.2) is 29.2 Å². The van der Waals surface area contributed by atoms with Gasteiger partial charge in [0, 0.05) is 6.42 Å². The third-order valence-corrected chi connectivity index (χ3v) is 3.52. The molecule has 0 bridgehead atoms. The van der Waals surface area contributed by atoms with Crippen LogP contribution in [0.25, 0.3) is 0 Å². The highest BCUT2D eigenvalue weighted by molar-refractivity contribution is 5.84. The van der Waals surface area contributed by atoms with Crippen molar-refractivity contribution in [3.63, 3.8) is 0 Å². The van der Waals surface area contributed by atoms with Crippen molar-refractivity contribution in [3.8, 4) is 0 Å². The molecule has 0 aliphatic rings. The molecule has 0 aromatic heterocycles. The number of carboxylic acids is 1. The Hall–Kier alpha value is -2.05. The van der Waals surface area contributed by atoms with Crippen molar-refractivity contribution in [1.29, 1.82) is 0 Å². The van der Waals surface area contributed by atoms with Gasteiger partial charge in [-0.3, -0.25) is 4.79 Å². The Kier molecular flexibility index (Phi) is 6.60. The molecule has 0 spiro atoms. The Morgan fingerprint density at radius 3 is 2.22 bits per heavy atom. The van der Waals surface area contributed by atoms with E-state index in [9.17, 15) is 22.8 Å². The molecule has 0 saturated carbocycles. The molecule has 0 radical (unpaired) electrons. The number of hydrogen-bond acceptors (Lipinski definition) is 2. The molecule has 7 heteroatoms.